The first kappa shape index (κ1) is 19.8. The van der Waals surface area contributed by atoms with Crippen LogP contribution in [-0.4, -0.2) is 87.2 Å². The van der Waals surface area contributed by atoms with Crippen LogP contribution in [0.3, 0.4) is 0 Å². The molecule has 0 aromatic heterocycles. The third-order valence-corrected chi connectivity index (χ3v) is 6.91. The maximum absolute atomic E-state index is 13.1. The fourth-order valence-corrected chi connectivity index (χ4v) is 5.16. The average molecular weight is 394 g/mol. The number of carbonyl (C=O) groups is 2. The molecular weight excluding hydrogens is 368 g/mol. The second kappa shape index (κ2) is 7.95. The standard InChI is InChI=1S/C18H26N4O4S/c1-20(2)18(24)14-5-3-7-16(11-14)27(25,26)21-9-4-6-15(13-21)22-10-8-19-12-17(22)23/h3,5,7,11,15,19H,4,6,8-10,12-13H2,1-2H3. The molecule has 1 unspecified atom stereocenters. The van der Waals surface area contributed by atoms with Gasteiger partial charge in [-0.25, -0.2) is 8.42 Å². The predicted molar refractivity (Wildman–Crippen MR) is 101 cm³/mol. The van der Waals surface area contributed by atoms with E-state index >= 15 is 0 Å². The number of hydrogen-bond donors (Lipinski definition) is 1. The van der Waals surface area contributed by atoms with Gasteiger partial charge in [0.1, 0.15) is 0 Å². The molecule has 2 amide bonds. The number of nitrogens with one attached hydrogen (secondary N) is 1. The maximum Gasteiger partial charge on any atom is 0.253 e. The van der Waals surface area contributed by atoms with Gasteiger partial charge in [-0.1, -0.05) is 6.07 Å². The number of piperidine rings is 1. The zero-order chi connectivity index (χ0) is 19.6. The van der Waals surface area contributed by atoms with Crippen molar-refractivity contribution in [2.45, 2.75) is 23.8 Å². The van der Waals surface area contributed by atoms with E-state index in [9.17, 15) is 18.0 Å². The summed E-state index contributed by atoms with van der Waals surface area (Å²) in [6.45, 7) is 2.34. The van der Waals surface area contributed by atoms with Gasteiger partial charge >= 0.3 is 0 Å². The molecule has 1 atom stereocenters. The summed E-state index contributed by atoms with van der Waals surface area (Å²) in [7, 11) is -0.467. The number of benzene rings is 1. The first-order valence-electron chi connectivity index (χ1n) is 9.13. The Morgan fingerprint density at radius 3 is 2.74 bits per heavy atom. The quantitative estimate of drug-likeness (QED) is 0.775. The first-order valence-corrected chi connectivity index (χ1v) is 10.6. The fourth-order valence-electron chi connectivity index (χ4n) is 3.60. The number of piperazine rings is 1. The Morgan fingerprint density at radius 2 is 2.04 bits per heavy atom. The monoisotopic (exact) mass is 394 g/mol. The molecule has 1 N–H and O–H groups in total. The van der Waals surface area contributed by atoms with Gasteiger partial charge in [0.2, 0.25) is 15.9 Å². The normalized spacial score (nSPS) is 21.9. The largest absolute Gasteiger partial charge is 0.345 e. The molecule has 27 heavy (non-hydrogen) atoms. The molecule has 8 nitrogen and oxygen atoms in total. The van der Waals surface area contributed by atoms with Crippen LogP contribution in [0.1, 0.15) is 23.2 Å². The van der Waals surface area contributed by atoms with Gasteiger partial charge in [0.05, 0.1) is 11.4 Å². The minimum atomic E-state index is -3.72. The molecule has 1 aromatic carbocycles. The molecule has 0 bridgehead atoms. The summed E-state index contributed by atoms with van der Waals surface area (Å²) in [6.07, 6.45) is 1.51. The molecular formula is C18H26N4O4S. The Morgan fingerprint density at radius 1 is 1.26 bits per heavy atom. The van der Waals surface area contributed by atoms with Crippen LogP contribution in [0.15, 0.2) is 29.2 Å². The van der Waals surface area contributed by atoms with Gasteiger partial charge in [0, 0.05) is 51.9 Å². The SMILES string of the molecule is CN(C)C(=O)c1cccc(S(=O)(=O)N2CCCC(N3CCNCC3=O)C2)c1. The fraction of sp³-hybridized carbons (Fsp3) is 0.556. The van der Waals surface area contributed by atoms with E-state index in [0.717, 1.165) is 13.0 Å². The highest BCUT2D eigenvalue weighted by Crippen LogP contribution is 2.24. The zero-order valence-electron chi connectivity index (χ0n) is 15.7. The molecule has 3 rings (SSSR count). The molecule has 9 heteroatoms. The van der Waals surface area contributed by atoms with Crippen LogP contribution in [0.5, 0.6) is 0 Å². The summed E-state index contributed by atoms with van der Waals surface area (Å²) in [5.74, 6) is -0.223. The minimum Gasteiger partial charge on any atom is -0.345 e. The third-order valence-electron chi connectivity index (χ3n) is 5.05. The van der Waals surface area contributed by atoms with Crippen LogP contribution in [0.2, 0.25) is 0 Å². The lowest BCUT2D eigenvalue weighted by atomic mass is 10.1. The second-order valence-electron chi connectivity index (χ2n) is 7.15. The highest BCUT2D eigenvalue weighted by molar-refractivity contribution is 7.89. The summed E-state index contributed by atoms with van der Waals surface area (Å²) < 4.78 is 27.7. The van der Waals surface area contributed by atoms with Crippen molar-refractivity contribution in [3.05, 3.63) is 29.8 Å². The van der Waals surface area contributed by atoms with Crippen molar-refractivity contribution < 1.29 is 18.0 Å². The van der Waals surface area contributed by atoms with E-state index in [4.69, 9.17) is 0 Å². The van der Waals surface area contributed by atoms with E-state index in [1.54, 1.807) is 31.1 Å². The van der Waals surface area contributed by atoms with Crippen molar-refractivity contribution in [1.29, 1.82) is 0 Å². The summed E-state index contributed by atoms with van der Waals surface area (Å²) >= 11 is 0. The highest BCUT2D eigenvalue weighted by Gasteiger charge is 2.35. The molecule has 2 saturated heterocycles. The van der Waals surface area contributed by atoms with E-state index in [-0.39, 0.29) is 22.8 Å². The Hall–Kier alpha value is -1.97. The average Bonchev–Trinajstić information content (AvgIpc) is 2.68. The summed E-state index contributed by atoms with van der Waals surface area (Å²) in [5, 5.41) is 3.04. The first-order chi connectivity index (χ1) is 12.8. The Bertz CT molecular complexity index is 824. The predicted octanol–water partition coefficient (Wildman–Crippen LogP) is -0.0267. The Balaban J connectivity index is 1.81. The zero-order valence-corrected chi connectivity index (χ0v) is 16.5. The molecule has 0 spiro atoms. The summed E-state index contributed by atoms with van der Waals surface area (Å²) in [6, 6.07) is 6.04. The molecule has 0 saturated carbocycles. The third kappa shape index (κ3) is 4.15. The molecule has 0 radical (unpaired) electrons. The number of nitrogens with zero attached hydrogens (tertiary/aromatic N) is 3. The summed E-state index contributed by atoms with van der Waals surface area (Å²) in [5.41, 5.74) is 0.340. The van der Waals surface area contributed by atoms with Gasteiger partial charge in [0.15, 0.2) is 0 Å². The Kier molecular flexibility index (Phi) is 5.83. The van der Waals surface area contributed by atoms with Gasteiger partial charge in [0.25, 0.3) is 5.91 Å². The van der Waals surface area contributed by atoms with E-state index in [2.05, 4.69) is 5.32 Å². The van der Waals surface area contributed by atoms with Crippen LogP contribution < -0.4 is 5.32 Å². The van der Waals surface area contributed by atoms with Crippen LogP contribution in [-0.2, 0) is 14.8 Å². The molecule has 0 aliphatic carbocycles. The highest BCUT2D eigenvalue weighted by atomic mass is 32.2. The van der Waals surface area contributed by atoms with Crippen molar-refractivity contribution >= 4 is 21.8 Å². The lowest BCUT2D eigenvalue weighted by molar-refractivity contribution is -0.135. The van der Waals surface area contributed by atoms with Crippen molar-refractivity contribution in [3.8, 4) is 0 Å². The van der Waals surface area contributed by atoms with E-state index < -0.39 is 10.0 Å². The lowest BCUT2D eigenvalue weighted by Gasteiger charge is -2.40. The molecule has 2 heterocycles. The van der Waals surface area contributed by atoms with Gasteiger partial charge < -0.3 is 15.1 Å². The minimum absolute atomic E-state index is 0.0177. The lowest BCUT2D eigenvalue weighted by Crippen LogP contribution is -2.57. The van der Waals surface area contributed by atoms with Gasteiger partial charge in [-0.3, -0.25) is 9.59 Å². The second-order valence-corrected chi connectivity index (χ2v) is 9.09. The molecule has 148 valence electrons. The number of sulfonamides is 1. The number of hydrogen-bond acceptors (Lipinski definition) is 5. The van der Waals surface area contributed by atoms with Gasteiger partial charge in [-0.15, -0.1) is 0 Å². The van der Waals surface area contributed by atoms with Crippen molar-refractivity contribution in [2.24, 2.45) is 0 Å². The number of rotatable bonds is 4. The van der Waals surface area contributed by atoms with Crippen molar-refractivity contribution in [2.75, 3.05) is 46.8 Å². The molecule has 2 fully saturated rings. The van der Waals surface area contributed by atoms with Crippen LogP contribution in [0.25, 0.3) is 0 Å². The van der Waals surface area contributed by atoms with Gasteiger partial charge in [-0.05, 0) is 31.0 Å². The number of carbonyl (C=O) groups excluding carboxylic acids is 2. The van der Waals surface area contributed by atoms with E-state index in [0.29, 0.717) is 38.2 Å². The smallest absolute Gasteiger partial charge is 0.253 e. The summed E-state index contributed by atoms with van der Waals surface area (Å²) in [4.78, 5) is 27.6. The van der Waals surface area contributed by atoms with Crippen molar-refractivity contribution in [1.82, 2.24) is 19.4 Å². The van der Waals surface area contributed by atoms with E-state index in [1.807, 2.05) is 0 Å². The van der Waals surface area contributed by atoms with Crippen LogP contribution in [0.4, 0.5) is 0 Å². The number of amides is 2. The van der Waals surface area contributed by atoms with Crippen LogP contribution >= 0.6 is 0 Å². The molecule has 2 aliphatic rings. The van der Waals surface area contributed by atoms with Crippen molar-refractivity contribution in [3.63, 3.8) is 0 Å². The molecule has 2 aliphatic heterocycles. The molecule has 1 aromatic rings. The van der Waals surface area contributed by atoms with Gasteiger partial charge in [-0.2, -0.15) is 4.31 Å². The Labute approximate surface area is 160 Å². The van der Waals surface area contributed by atoms with E-state index in [1.165, 1.54) is 21.3 Å². The maximum atomic E-state index is 13.1. The van der Waals surface area contributed by atoms with Crippen LogP contribution in [0, 0.1) is 0 Å². The topological polar surface area (TPSA) is 90.0 Å².